The largest absolute Gasteiger partial charge is 0.481 e. The van der Waals surface area contributed by atoms with Crippen LogP contribution in [0.4, 0.5) is 0 Å². The van der Waals surface area contributed by atoms with Crippen LogP contribution in [0.1, 0.15) is 41.0 Å². The van der Waals surface area contributed by atoms with Gasteiger partial charge in [0.2, 0.25) is 0 Å². The predicted octanol–water partition coefficient (Wildman–Crippen LogP) is 3.42. The van der Waals surface area contributed by atoms with Gasteiger partial charge in [-0.3, -0.25) is 4.79 Å². The Kier molecular flexibility index (Phi) is 6.86. The summed E-state index contributed by atoms with van der Waals surface area (Å²) in [5.74, 6) is -1.88. The molecule has 1 atom stereocenters. The van der Waals surface area contributed by atoms with Crippen LogP contribution in [0.5, 0.6) is 0 Å². The SMILES string of the molecule is CC(C)(O)C(CCO[Si](c1ccccc1)(c1ccccc1)C(C)(C)C)C(=O)O. The number of carboxylic acids is 1. The lowest BCUT2D eigenvalue weighted by Gasteiger charge is -2.43. The molecule has 0 aliphatic rings. The van der Waals surface area contributed by atoms with E-state index >= 15 is 0 Å². The number of aliphatic hydroxyl groups is 1. The van der Waals surface area contributed by atoms with E-state index in [9.17, 15) is 15.0 Å². The van der Waals surface area contributed by atoms with Gasteiger partial charge in [0.05, 0.1) is 11.5 Å². The molecule has 0 bridgehead atoms. The molecule has 0 aromatic heterocycles. The third kappa shape index (κ3) is 4.72. The molecule has 0 amide bonds. The van der Waals surface area contributed by atoms with Crippen LogP contribution in [0, 0.1) is 5.92 Å². The maximum absolute atomic E-state index is 11.6. The van der Waals surface area contributed by atoms with Gasteiger partial charge in [-0.2, -0.15) is 0 Å². The zero-order chi connectivity index (χ0) is 21.0. The van der Waals surface area contributed by atoms with Crippen LogP contribution in [0.25, 0.3) is 0 Å². The first-order valence-electron chi connectivity index (χ1n) is 9.70. The van der Waals surface area contributed by atoms with Gasteiger partial charge >= 0.3 is 5.97 Å². The van der Waals surface area contributed by atoms with Crippen molar-refractivity contribution in [1.82, 2.24) is 0 Å². The summed E-state index contributed by atoms with van der Waals surface area (Å²) in [6, 6.07) is 20.5. The molecule has 2 aromatic carbocycles. The first kappa shape index (κ1) is 22.3. The van der Waals surface area contributed by atoms with Crippen LogP contribution in [0.15, 0.2) is 60.7 Å². The van der Waals surface area contributed by atoms with E-state index < -0.39 is 25.8 Å². The third-order valence-electron chi connectivity index (χ3n) is 5.29. The molecular formula is C23H32O4Si. The third-order valence-corrected chi connectivity index (χ3v) is 10.3. The van der Waals surface area contributed by atoms with Gasteiger partial charge in [0.25, 0.3) is 8.32 Å². The average molecular weight is 401 g/mol. The summed E-state index contributed by atoms with van der Waals surface area (Å²) in [6.07, 6.45) is 0.253. The van der Waals surface area contributed by atoms with Crippen LogP contribution < -0.4 is 10.4 Å². The summed E-state index contributed by atoms with van der Waals surface area (Å²) in [5, 5.41) is 21.9. The lowest BCUT2D eigenvalue weighted by atomic mass is 9.89. The smallest absolute Gasteiger partial charge is 0.309 e. The van der Waals surface area contributed by atoms with Crippen molar-refractivity contribution in [1.29, 1.82) is 0 Å². The van der Waals surface area contributed by atoms with E-state index in [4.69, 9.17) is 4.43 Å². The normalized spacial score (nSPS) is 13.9. The molecule has 2 N–H and O–H groups in total. The van der Waals surface area contributed by atoms with Crippen molar-refractivity contribution in [3.05, 3.63) is 60.7 Å². The van der Waals surface area contributed by atoms with Gasteiger partial charge in [0.15, 0.2) is 0 Å². The number of hydrogen-bond acceptors (Lipinski definition) is 3. The Morgan fingerprint density at radius 2 is 1.36 bits per heavy atom. The van der Waals surface area contributed by atoms with Crippen molar-refractivity contribution in [2.75, 3.05) is 6.61 Å². The fraction of sp³-hybridized carbons (Fsp3) is 0.435. The Labute approximate surface area is 169 Å². The van der Waals surface area contributed by atoms with Crippen molar-refractivity contribution >= 4 is 24.7 Å². The fourth-order valence-corrected chi connectivity index (χ4v) is 8.45. The maximum atomic E-state index is 11.6. The number of aliphatic carboxylic acids is 1. The van der Waals surface area contributed by atoms with Crippen LogP contribution in [0.2, 0.25) is 5.04 Å². The average Bonchev–Trinajstić information content (AvgIpc) is 2.61. The summed E-state index contributed by atoms with van der Waals surface area (Å²) in [4.78, 5) is 11.6. The van der Waals surface area contributed by atoms with E-state index in [1.165, 1.54) is 13.8 Å². The van der Waals surface area contributed by atoms with Gasteiger partial charge in [-0.1, -0.05) is 81.4 Å². The summed E-state index contributed by atoms with van der Waals surface area (Å²) in [5.41, 5.74) is -1.30. The summed E-state index contributed by atoms with van der Waals surface area (Å²) < 4.78 is 6.71. The number of carboxylic acid groups (broad SMARTS) is 1. The van der Waals surface area contributed by atoms with Crippen LogP contribution in [-0.4, -0.2) is 36.7 Å². The first-order valence-corrected chi connectivity index (χ1v) is 11.6. The molecule has 0 aliphatic heterocycles. The minimum atomic E-state index is -2.68. The Balaban J connectivity index is 2.46. The van der Waals surface area contributed by atoms with E-state index in [1.807, 2.05) is 36.4 Å². The molecule has 0 spiro atoms. The standard InChI is InChI=1S/C23H32O4Si/c1-22(2,3)28(18-12-8-6-9-13-18,19-14-10-7-11-15-19)27-17-16-20(21(24)25)23(4,5)26/h6-15,20,26H,16-17H2,1-5H3,(H,24,25). The molecule has 0 saturated heterocycles. The molecule has 2 aromatic rings. The maximum Gasteiger partial charge on any atom is 0.309 e. The van der Waals surface area contributed by atoms with E-state index in [0.717, 1.165) is 10.4 Å². The second kappa shape index (κ2) is 8.60. The predicted molar refractivity (Wildman–Crippen MR) is 116 cm³/mol. The van der Waals surface area contributed by atoms with E-state index in [0.29, 0.717) is 0 Å². The topological polar surface area (TPSA) is 66.8 Å². The lowest BCUT2D eigenvalue weighted by Crippen LogP contribution is -2.66. The molecule has 28 heavy (non-hydrogen) atoms. The lowest BCUT2D eigenvalue weighted by molar-refractivity contribution is -0.150. The molecule has 2 rings (SSSR count). The highest BCUT2D eigenvalue weighted by Gasteiger charge is 2.50. The van der Waals surface area contributed by atoms with Gasteiger partial charge < -0.3 is 14.6 Å². The molecule has 4 nitrogen and oxygen atoms in total. The van der Waals surface area contributed by atoms with Crippen molar-refractivity contribution in [3.8, 4) is 0 Å². The molecule has 5 heteroatoms. The van der Waals surface area contributed by atoms with Crippen LogP contribution >= 0.6 is 0 Å². The first-order chi connectivity index (χ1) is 13.0. The van der Waals surface area contributed by atoms with Gasteiger partial charge in [-0.15, -0.1) is 0 Å². The zero-order valence-corrected chi connectivity index (χ0v) is 18.5. The molecular weight excluding hydrogens is 368 g/mol. The van der Waals surface area contributed by atoms with Gasteiger partial charge in [0, 0.05) is 6.61 Å². The van der Waals surface area contributed by atoms with E-state index in [-0.39, 0.29) is 18.1 Å². The molecule has 1 unspecified atom stereocenters. The highest BCUT2D eigenvalue weighted by Crippen LogP contribution is 2.37. The van der Waals surface area contributed by atoms with Gasteiger partial charge in [0.1, 0.15) is 0 Å². The second-order valence-corrected chi connectivity index (χ2v) is 13.2. The van der Waals surface area contributed by atoms with Crippen molar-refractivity contribution in [3.63, 3.8) is 0 Å². The Bertz CT molecular complexity index is 721. The zero-order valence-electron chi connectivity index (χ0n) is 17.5. The highest BCUT2D eigenvalue weighted by molar-refractivity contribution is 6.99. The monoisotopic (exact) mass is 400 g/mol. The number of rotatable bonds is 8. The molecule has 0 radical (unpaired) electrons. The van der Waals surface area contributed by atoms with Crippen molar-refractivity contribution in [2.24, 2.45) is 5.92 Å². The van der Waals surface area contributed by atoms with Crippen LogP contribution in [0.3, 0.4) is 0 Å². The van der Waals surface area contributed by atoms with Crippen molar-refractivity contribution in [2.45, 2.75) is 51.7 Å². The summed E-state index contributed by atoms with van der Waals surface area (Å²) in [6.45, 7) is 9.90. The molecule has 0 aliphatic carbocycles. The summed E-state index contributed by atoms with van der Waals surface area (Å²) in [7, 11) is -2.68. The molecule has 0 fully saturated rings. The summed E-state index contributed by atoms with van der Waals surface area (Å²) >= 11 is 0. The minimum Gasteiger partial charge on any atom is -0.481 e. The molecule has 152 valence electrons. The fourth-order valence-electron chi connectivity index (χ4n) is 3.87. The van der Waals surface area contributed by atoms with E-state index in [2.05, 4.69) is 45.0 Å². The number of benzene rings is 2. The van der Waals surface area contributed by atoms with Crippen molar-refractivity contribution < 1.29 is 19.4 Å². The quantitative estimate of drug-likeness (QED) is 0.666. The molecule has 0 saturated carbocycles. The minimum absolute atomic E-state index is 0.164. The van der Waals surface area contributed by atoms with Crippen LogP contribution in [-0.2, 0) is 9.22 Å². The highest BCUT2D eigenvalue weighted by atomic mass is 28.4. The van der Waals surface area contributed by atoms with Gasteiger partial charge in [-0.25, -0.2) is 0 Å². The van der Waals surface area contributed by atoms with E-state index in [1.54, 1.807) is 0 Å². The Morgan fingerprint density at radius 1 is 0.929 bits per heavy atom. The Hall–Kier alpha value is -1.95. The number of hydrogen-bond donors (Lipinski definition) is 2. The Morgan fingerprint density at radius 3 is 1.68 bits per heavy atom. The number of carbonyl (C=O) groups is 1. The van der Waals surface area contributed by atoms with Gasteiger partial charge in [-0.05, 0) is 35.7 Å². The second-order valence-electron chi connectivity index (χ2n) is 8.84. The molecule has 0 heterocycles.